The van der Waals surface area contributed by atoms with Gasteiger partial charge in [-0.3, -0.25) is 19.6 Å². The standard InChI is InChI=1S/C15H19N5O3/c1-10(9-16-12-7-5-4-6-8-12)17-15(21)14-13(20(22)23)11(2)18-19(14)3/h4-8,10,16H,9H2,1-3H3,(H,17,21)/t10-/m0/s1. The van der Waals surface area contributed by atoms with Crippen LogP contribution in [0.3, 0.4) is 0 Å². The van der Waals surface area contributed by atoms with E-state index in [0.717, 1.165) is 5.69 Å². The second-order valence-electron chi connectivity index (χ2n) is 5.28. The summed E-state index contributed by atoms with van der Waals surface area (Å²) in [6, 6.07) is 9.37. The maximum Gasteiger partial charge on any atom is 0.322 e. The number of benzene rings is 1. The number of carbonyl (C=O) groups excluding carboxylic acids is 1. The van der Waals surface area contributed by atoms with E-state index in [1.807, 2.05) is 37.3 Å². The molecule has 0 fully saturated rings. The van der Waals surface area contributed by atoms with Gasteiger partial charge in [0, 0.05) is 25.3 Å². The molecule has 0 spiro atoms. The fourth-order valence-corrected chi connectivity index (χ4v) is 2.29. The highest BCUT2D eigenvalue weighted by atomic mass is 16.6. The van der Waals surface area contributed by atoms with Crippen LogP contribution in [0.25, 0.3) is 0 Å². The number of rotatable bonds is 6. The van der Waals surface area contributed by atoms with Crippen molar-refractivity contribution in [2.45, 2.75) is 19.9 Å². The van der Waals surface area contributed by atoms with Gasteiger partial charge in [-0.2, -0.15) is 5.10 Å². The Balaban J connectivity index is 2.03. The van der Waals surface area contributed by atoms with Crippen molar-refractivity contribution in [1.82, 2.24) is 15.1 Å². The summed E-state index contributed by atoms with van der Waals surface area (Å²) < 4.78 is 1.24. The second kappa shape index (κ2) is 6.91. The van der Waals surface area contributed by atoms with Crippen molar-refractivity contribution in [1.29, 1.82) is 0 Å². The van der Waals surface area contributed by atoms with Crippen LogP contribution >= 0.6 is 0 Å². The zero-order valence-corrected chi connectivity index (χ0v) is 13.2. The lowest BCUT2D eigenvalue weighted by Gasteiger charge is -2.15. The fourth-order valence-electron chi connectivity index (χ4n) is 2.29. The van der Waals surface area contributed by atoms with E-state index in [-0.39, 0.29) is 23.1 Å². The molecule has 0 aliphatic rings. The first kappa shape index (κ1) is 16.5. The molecule has 8 heteroatoms. The van der Waals surface area contributed by atoms with E-state index < -0.39 is 10.8 Å². The third-order valence-corrected chi connectivity index (χ3v) is 3.35. The zero-order valence-electron chi connectivity index (χ0n) is 13.2. The lowest BCUT2D eigenvalue weighted by atomic mass is 10.2. The minimum Gasteiger partial charge on any atom is -0.383 e. The van der Waals surface area contributed by atoms with E-state index in [2.05, 4.69) is 15.7 Å². The molecule has 0 radical (unpaired) electrons. The highest BCUT2D eigenvalue weighted by molar-refractivity contribution is 5.97. The first-order chi connectivity index (χ1) is 10.9. The first-order valence-electron chi connectivity index (χ1n) is 7.18. The van der Waals surface area contributed by atoms with Crippen molar-refractivity contribution < 1.29 is 9.72 Å². The maximum atomic E-state index is 12.3. The lowest BCUT2D eigenvalue weighted by Crippen LogP contribution is -2.38. The molecule has 23 heavy (non-hydrogen) atoms. The topological polar surface area (TPSA) is 102 Å². The smallest absolute Gasteiger partial charge is 0.322 e. The van der Waals surface area contributed by atoms with Gasteiger partial charge in [0.15, 0.2) is 0 Å². The summed E-state index contributed by atoms with van der Waals surface area (Å²) in [6.07, 6.45) is 0. The largest absolute Gasteiger partial charge is 0.383 e. The summed E-state index contributed by atoms with van der Waals surface area (Å²) in [7, 11) is 1.52. The third-order valence-electron chi connectivity index (χ3n) is 3.35. The number of nitro groups is 1. The van der Waals surface area contributed by atoms with Crippen LogP contribution in [0.4, 0.5) is 11.4 Å². The number of amides is 1. The van der Waals surface area contributed by atoms with Gasteiger partial charge >= 0.3 is 5.69 Å². The molecular weight excluding hydrogens is 298 g/mol. The summed E-state index contributed by atoms with van der Waals surface area (Å²) in [4.78, 5) is 22.9. The molecule has 0 bridgehead atoms. The van der Waals surface area contributed by atoms with Crippen molar-refractivity contribution in [2.24, 2.45) is 7.05 Å². The van der Waals surface area contributed by atoms with Crippen molar-refractivity contribution >= 4 is 17.3 Å². The number of nitrogens with one attached hydrogen (secondary N) is 2. The minimum absolute atomic E-state index is 0.0425. The Labute approximate surface area is 133 Å². The van der Waals surface area contributed by atoms with E-state index in [1.165, 1.54) is 18.7 Å². The molecular formula is C15H19N5O3. The Hall–Kier alpha value is -2.90. The first-order valence-corrected chi connectivity index (χ1v) is 7.18. The summed E-state index contributed by atoms with van der Waals surface area (Å²) >= 11 is 0. The molecule has 1 atom stereocenters. The maximum absolute atomic E-state index is 12.3. The number of nitrogens with zero attached hydrogens (tertiary/aromatic N) is 3. The average molecular weight is 317 g/mol. The van der Waals surface area contributed by atoms with E-state index in [1.54, 1.807) is 0 Å². The van der Waals surface area contributed by atoms with E-state index >= 15 is 0 Å². The van der Waals surface area contributed by atoms with Gasteiger partial charge in [-0.25, -0.2) is 0 Å². The summed E-state index contributed by atoms with van der Waals surface area (Å²) in [5, 5.41) is 21.0. The summed E-state index contributed by atoms with van der Waals surface area (Å²) in [6.45, 7) is 3.83. The van der Waals surface area contributed by atoms with Gasteiger partial charge in [0.2, 0.25) is 5.69 Å². The molecule has 1 aromatic heterocycles. The second-order valence-corrected chi connectivity index (χ2v) is 5.28. The number of aryl methyl sites for hydroxylation is 2. The van der Waals surface area contributed by atoms with Gasteiger partial charge in [0.1, 0.15) is 5.69 Å². The number of aromatic nitrogens is 2. The number of hydrogen-bond acceptors (Lipinski definition) is 5. The van der Waals surface area contributed by atoms with Crippen molar-refractivity contribution in [3.63, 3.8) is 0 Å². The van der Waals surface area contributed by atoms with Crippen molar-refractivity contribution in [2.75, 3.05) is 11.9 Å². The fraction of sp³-hybridized carbons (Fsp3) is 0.333. The molecule has 0 saturated carbocycles. The van der Waals surface area contributed by atoms with Gasteiger partial charge in [-0.05, 0) is 26.0 Å². The molecule has 2 N–H and O–H groups in total. The Bertz CT molecular complexity index is 711. The lowest BCUT2D eigenvalue weighted by molar-refractivity contribution is -0.385. The highest BCUT2D eigenvalue weighted by Crippen LogP contribution is 2.22. The summed E-state index contributed by atoms with van der Waals surface area (Å²) in [5.74, 6) is -0.512. The van der Waals surface area contributed by atoms with Gasteiger partial charge in [-0.1, -0.05) is 18.2 Å². The highest BCUT2D eigenvalue weighted by Gasteiger charge is 2.29. The van der Waals surface area contributed by atoms with Crippen LogP contribution in [-0.2, 0) is 7.05 Å². The van der Waals surface area contributed by atoms with Crippen LogP contribution in [0.15, 0.2) is 30.3 Å². The van der Waals surface area contributed by atoms with Crippen LogP contribution in [0.5, 0.6) is 0 Å². The van der Waals surface area contributed by atoms with E-state index in [9.17, 15) is 14.9 Å². The molecule has 2 aromatic rings. The normalized spacial score (nSPS) is 11.8. The zero-order chi connectivity index (χ0) is 17.0. The van der Waals surface area contributed by atoms with Gasteiger partial charge in [0.25, 0.3) is 5.91 Å². The average Bonchev–Trinajstić information content (AvgIpc) is 2.81. The SMILES string of the molecule is Cc1nn(C)c(C(=O)N[C@@H](C)CNc2ccccc2)c1[N+](=O)[O-]. The number of hydrogen-bond donors (Lipinski definition) is 2. The summed E-state index contributed by atoms with van der Waals surface area (Å²) in [5.41, 5.74) is 0.862. The van der Waals surface area contributed by atoms with Crippen molar-refractivity contribution in [3.05, 3.63) is 51.8 Å². The predicted molar refractivity (Wildman–Crippen MR) is 86.5 cm³/mol. The third kappa shape index (κ3) is 3.85. The van der Waals surface area contributed by atoms with Gasteiger partial charge in [-0.15, -0.1) is 0 Å². The monoisotopic (exact) mass is 317 g/mol. The van der Waals surface area contributed by atoms with Gasteiger partial charge in [0.05, 0.1) is 4.92 Å². The number of carbonyl (C=O) groups is 1. The predicted octanol–water partition coefficient (Wildman–Crippen LogP) is 1.87. The Morgan fingerprint density at radius 3 is 2.65 bits per heavy atom. The molecule has 0 aliphatic heterocycles. The van der Waals surface area contributed by atoms with Crippen LogP contribution < -0.4 is 10.6 Å². The molecule has 0 saturated heterocycles. The van der Waals surface area contributed by atoms with Crippen molar-refractivity contribution in [3.8, 4) is 0 Å². The Kier molecular flexibility index (Phi) is 4.95. The molecule has 2 rings (SSSR count). The van der Waals surface area contributed by atoms with Crippen LogP contribution in [0.1, 0.15) is 23.1 Å². The molecule has 0 unspecified atom stereocenters. The van der Waals surface area contributed by atoms with E-state index in [0.29, 0.717) is 6.54 Å². The molecule has 1 aromatic carbocycles. The number of anilines is 1. The van der Waals surface area contributed by atoms with Gasteiger partial charge < -0.3 is 10.6 Å². The van der Waals surface area contributed by atoms with Crippen LogP contribution in [0, 0.1) is 17.0 Å². The van der Waals surface area contributed by atoms with Crippen LogP contribution in [0.2, 0.25) is 0 Å². The Morgan fingerprint density at radius 1 is 1.39 bits per heavy atom. The quantitative estimate of drug-likeness (QED) is 0.625. The number of para-hydroxylation sites is 1. The molecule has 8 nitrogen and oxygen atoms in total. The van der Waals surface area contributed by atoms with Crippen LogP contribution in [-0.4, -0.2) is 33.2 Å². The molecule has 1 heterocycles. The molecule has 0 aliphatic carbocycles. The minimum atomic E-state index is -0.579. The molecule has 1 amide bonds. The Morgan fingerprint density at radius 2 is 2.04 bits per heavy atom. The molecule has 122 valence electrons. The van der Waals surface area contributed by atoms with E-state index in [4.69, 9.17) is 0 Å².